The SMILES string of the molecule is Cc1cc(CN2CCCC[C@H]2C(=O)O)c(OCc2cccnc2)cc1OCc1cccc(-c2ccc3c(c2)OCCO3)c1C. The molecule has 1 N–H and O–H groups in total. The van der Waals surface area contributed by atoms with Crippen LogP contribution in [0.15, 0.2) is 73.1 Å². The first kappa shape index (κ1) is 29.5. The van der Waals surface area contributed by atoms with Crippen molar-refractivity contribution in [2.75, 3.05) is 19.8 Å². The summed E-state index contributed by atoms with van der Waals surface area (Å²) >= 11 is 0. The van der Waals surface area contributed by atoms with Gasteiger partial charge in [0.2, 0.25) is 0 Å². The van der Waals surface area contributed by atoms with Gasteiger partial charge in [-0.15, -0.1) is 0 Å². The predicted molar refractivity (Wildman–Crippen MR) is 167 cm³/mol. The minimum Gasteiger partial charge on any atom is -0.488 e. The Labute approximate surface area is 258 Å². The fourth-order valence-corrected chi connectivity index (χ4v) is 5.98. The molecule has 6 rings (SSSR count). The molecule has 2 aliphatic rings. The molecule has 3 aromatic carbocycles. The van der Waals surface area contributed by atoms with Gasteiger partial charge in [0.1, 0.15) is 44.0 Å². The number of fused-ring (bicyclic) bond motifs is 1. The van der Waals surface area contributed by atoms with Crippen molar-refractivity contribution in [1.82, 2.24) is 9.88 Å². The second-order valence-corrected chi connectivity index (χ2v) is 11.4. The van der Waals surface area contributed by atoms with Gasteiger partial charge >= 0.3 is 5.97 Å². The van der Waals surface area contributed by atoms with Gasteiger partial charge in [0.25, 0.3) is 0 Å². The van der Waals surface area contributed by atoms with E-state index in [1.165, 1.54) is 0 Å². The summed E-state index contributed by atoms with van der Waals surface area (Å²) < 4.78 is 24.3. The van der Waals surface area contributed by atoms with Crippen molar-refractivity contribution in [3.8, 4) is 34.1 Å². The average Bonchev–Trinajstić information content (AvgIpc) is 3.05. The number of carboxylic acid groups (broad SMARTS) is 1. The van der Waals surface area contributed by atoms with E-state index in [1.54, 1.807) is 12.4 Å². The predicted octanol–water partition coefficient (Wildman–Crippen LogP) is 6.73. The highest BCUT2D eigenvalue weighted by molar-refractivity contribution is 5.73. The van der Waals surface area contributed by atoms with Crippen LogP contribution in [0.1, 0.15) is 47.1 Å². The van der Waals surface area contributed by atoms with E-state index < -0.39 is 12.0 Å². The van der Waals surface area contributed by atoms with Gasteiger partial charge in [-0.2, -0.15) is 0 Å². The Hall–Kier alpha value is -4.56. The van der Waals surface area contributed by atoms with E-state index in [0.717, 1.165) is 75.6 Å². The number of benzene rings is 3. The number of carbonyl (C=O) groups is 1. The fraction of sp³-hybridized carbons (Fsp3) is 0.333. The molecule has 228 valence electrons. The summed E-state index contributed by atoms with van der Waals surface area (Å²) in [6.45, 7) is 7.23. The molecule has 0 bridgehead atoms. The van der Waals surface area contributed by atoms with E-state index in [0.29, 0.717) is 45.1 Å². The van der Waals surface area contributed by atoms with E-state index >= 15 is 0 Å². The third-order valence-electron chi connectivity index (χ3n) is 8.43. The lowest BCUT2D eigenvalue weighted by molar-refractivity contribution is -0.144. The van der Waals surface area contributed by atoms with Crippen molar-refractivity contribution in [3.63, 3.8) is 0 Å². The Kier molecular flexibility index (Phi) is 8.98. The molecule has 0 spiro atoms. The second-order valence-electron chi connectivity index (χ2n) is 11.4. The van der Waals surface area contributed by atoms with E-state index in [4.69, 9.17) is 18.9 Å². The summed E-state index contributed by atoms with van der Waals surface area (Å²) in [5.41, 5.74) is 7.27. The normalized spacial score (nSPS) is 16.4. The number of aromatic nitrogens is 1. The number of likely N-dealkylation sites (tertiary alicyclic amines) is 1. The molecular formula is C36H38N2O6. The lowest BCUT2D eigenvalue weighted by Crippen LogP contribution is -2.44. The topological polar surface area (TPSA) is 90.4 Å². The van der Waals surface area contributed by atoms with Crippen LogP contribution in [0.4, 0.5) is 0 Å². The van der Waals surface area contributed by atoms with E-state index in [1.807, 2.05) is 48.2 Å². The molecule has 1 atom stereocenters. The first-order valence-electron chi connectivity index (χ1n) is 15.2. The van der Waals surface area contributed by atoms with Crippen LogP contribution < -0.4 is 18.9 Å². The van der Waals surface area contributed by atoms with Gasteiger partial charge in [0, 0.05) is 36.1 Å². The maximum atomic E-state index is 12.0. The van der Waals surface area contributed by atoms with Crippen LogP contribution in [0.3, 0.4) is 0 Å². The van der Waals surface area contributed by atoms with Crippen molar-refractivity contribution in [2.24, 2.45) is 0 Å². The van der Waals surface area contributed by atoms with Gasteiger partial charge in [0.15, 0.2) is 11.5 Å². The van der Waals surface area contributed by atoms with E-state index in [2.05, 4.69) is 36.2 Å². The lowest BCUT2D eigenvalue weighted by Gasteiger charge is -2.33. The van der Waals surface area contributed by atoms with Crippen LogP contribution in [-0.2, 0) is 24.6 Å². The van der Waals surface area contributed by atoms with Crippen LogP contribution in [-0.4, -0.2) is 46.8 Å². The molecule has 1 saturated heterocycles. The Morgan fingerprint density at radius 3 is 2.59 bits per heavy atom. The Morgan fingerprint density at radius 2 is 1.77 bits per heavy atom. The smallest absolute Gasteiger partial charge is 0.320 e. The molecular weight excluding hydrogens is 556 g/mol. The standard InChI is InChI=1S/C36H38N2O6/c1-24-17-29(21-38-14-4-3-10-31(38)36(39)40)34(43-22-26-7-6-13-37-20-26)19-33(24)44-23-28-8-5-9-30(25(28)2)27-11-12-32-35(18-27)42-16-15-41-32/h5-9,11-13,17-20,31H,3-4,10,14-16,21-23H2,1-2H3,(H,39,40)/t31-/m0/s1. The zero-order chi connectivity index (χ0) is 30.5. The van der Waals surface area contributed by atoms with Gasteiger partial charge in [-0.1, -0.05) is 36.8 Å². The maximum absolute atomic E-state index is 12.0. The first-order valence-corrected chi connectivity index (χ1v) is 15.2. The first-order chi connectivity index (χ1) is 21.5. The highest BCUT2D eigenvalue weighted by Crippen LogP contribution is 2.37. The van der Waals surface area contributed by atoms with Crippen molar-refractivity contribution in [1.29, 1.82) is 0 Å². The Bertz CT molecular complexity index is 1620. The number of carboxylic acids is 1. The quantitative estimate of drug-likeness (QED) is 0.216. The maximum Gasteiger partial charge on any atom is 0.320 e. The van der Waals surface area contributed by atoms with E-state index in [-0.39, 0.29) is 0 Å². The highest BCUT2D eigenvalue weighted by Gasteiger charge is 2.29. The minimum atomic E-state index is -0.770. The van der Waals surface area contributed by atoms with Gasteiger partial charge in [-0.3, -0.25) is 14.7 Å². The number of nitrogens with zero attached hydrogens (tertiary/aromatic N) is 2. The zero-order valence-corrected chi connectivity index (χ0v) is 25.3. The summed E-state index contributed by atoms with van der Waals surface area (Å²) in [6, 6.07) is 19.7. The second kappa shape index (κ2) is 13.4. The lowest BCUT2D eigenvalue weighted by atomic mass is 9.96. The highest BCUT2D eigenvalue weighted by atomic mass is 16.6. The van der Waals surface area contributed by atoms with Gasteiger partial charge in [0.05, 0.1) is 0 Å². The van der Waals surface area contributed by atoms with Gasteiger partial charge < -0.3 is 24.1 Å². The number of pyridine rings is 1. The summed E-state index contributed by atoms with van der Waals surface area (Å²) in [5.74, 6) is 2.19. The number of piperidine rings is 1. The molecule has 3 heterocycles. The van der Waals surface area contributed by atoms with Gasteiger partial charge in [-0.05, 0) is 85.3 Å². The third-order valence-corrected chi connectivity index (χ3v) is 8.43. The molecule has 1 fully saturated rings. The molecule has 2 aliphatic heterocycles. The molecule has 44 heavy (non-hydrogen) atoms. The number of hydrogen-bond donors (Lipinski definition) is 1. The molecule has 0 unspecified atom stereocenters. The molecule has 0 amide bonds. The molecule has 0 radical (unpaired) electrons. The summed E-state index contributed by atoms with van der Waals surface area (Å²) in [7, 11) is 0. The number of rotatable bonds is 10. The van der Waals surface area contributed by atoms with E-state index in [9.17, 15) is 9.90 Å². The van der Waals surface area contributed by atoms with Crippen molar-refractivity contribution in [3.05, 3.63) is 101 Å². The number of ether oxygens (including phenoxy) is 4. The molecule has 4 aromatic rings. The molecule has 0 aliphatic carbocycles. The number of aliphatic carboxylic acids is 1. The largest absolute Gasteiger partial charge is 0.488 e. The minimum absolute atomic E-state index is 0.350. The van der Waals surface area contributed by atoms with Crippen LogP contribution in [0.25, 0.3) is 11.1 Å². The Balaban J connectivity index is 1.24. The van der Waals surface area contributed by atoms with Crippen molar-refractivity contribution < 1.29 is 28.8 Å². The molecule has 1 aromatic heterocycles. The monoisotopic (exact) mass is 594 g/mol. The summed E-state index contributed by atoms with van der Waals surface area (Å²) in [6.07, 6.45) is 6.10. The average molecular weight is 595 g/mol. The van der Waals surface area contributed by atoms with Crippen molar-refractivity contribution in [2.45, 2.75) is 58.9 Å². The van der Waals surface area contributed by atoms with Crippen LogP contribution in [0.2, 0.25) is 0 Å². The summed E-state index contributed by atoms with van der Waals surface area (Å²) in [5, 5.41) is 9.84. The van der Waals surface area contributed by atoms with Crippen LogP contribution in [0, 0.1) is 13.8 Å². The van der Waals surface area contributed by atoms with Crippen LogP contribution >= 0.6 is 0 Å². The summed E-state index contributed by atoms with van der Waals surface area (Å²) in [4.78, 5) is 18.2. The number of aryl methyl sites for hydroxylation is 1. The zero-order valence-electron chi connectivity index (χ0n) is 25.3. The Morgan fingerprint density at radius 1 is 0.932 bits per heavy atom. The van der Waals surface area contributed by atoms with Gasteiger partial charge in [-0.25, -0.2) is 0 Å². The van der Waals surface area contributed by atoms with Crippen molar-refractivity contribution >= 4 is 5.97 Å². The third kappa shape index (κ3) is 6.65. The molecule has 0 saturated carbocycles. The van der Waals surface area contributed by atoms with Crippen LogP contribution in [0.5, 0.6) is 23.0 Å². The molecule has 8 heteroatoms. The molecule has 8 nitrogen and oxygen atoms in total. The number of hydrogen-bond acceptors (Lipinski definition) is 7. The fourth-order valence-electron chi connectivity index (χ4n) is 5.98.